The summed E-state index contributed by atoms with van der Waals surface area (Å²) in [7, 11) is 0. The van der Waals surface area contributed by atoms with Crippen LogP contribution in [0.15, 0.2) is 29.1 Å². The molecule has 25 heavy (non-hydrogen) atoms. The summed E-state index contributed by atoms with van der Waals surface area (Å²) in [5.41, 5.74) is 1.02. The maximum Gasteiger partial charge on any atom is 0.279 e. The Morgan fingerprint density at radius 3 is 2.60 bits per heavy atom. The third-order valence-corrected chi connectivity index (χ3v) is 4.41. The van der Waals surface area contributed by atoms with E-state index >= 15 is 0 Å². The molecule has 7 heteroatoms. The lowest BCUT2D eigenvalue weighted by atomic mass is 10.1. The third kappa shape index (κ3) is 3.76. The maximum absolute atomic E-state index is 13.0. The zero-order chi connectivity index (χ0) is 18.1. The second-order valence-corrected chi connectivity index (χ2v) is 6.38. The van der Waals surface area contributed by atoms with Gasteiger partial charge in [0.1, 0.15) is 5.82 Å². The molecule has 2 aromatic rings. The number of amides is 1. The quantitative estimate of drug-likeness (QED) is 0.866. The van der Waals surface area contributed by atoms with Gasteiger partial charge in [-0.1, -0.05) is 12.1 Å². The van der Waals surface area contributed by atoms with Crippen LogP contribution in [0.3, 0.4) is 0 Å². The molecule has 3 rings (SSSR count). The van der Waals surface area contributed by atoms with E-state index in [1.54, 1.807) is 13.8 Å². The number of aryl methyl sites for hydroxylation is 2. The van der Waals surface area contributed by atoms with Gasteiger partial charge in [-0.15, -0.1) is 0 Å². The second kappa shape index (κ2) is 6.76. The molecule has 2 N–H and O–H groups in total. The number of carbonyl (C=O) groups is 1. The van der Waals surface area contributed by atoms with Gasteiger partial charge in [0.25, 0.3) is 11.5 Å². The highest BCUT2D eigenvalue weighted by atomic mass is 19.1. The number of benzene rings is 1. The van der Waals surface area contributed by atoms with Crippen molar-refractivity contribution >= 4 is 5.91 Å². The van der Waals surface area contributed by atoms with E-state index in [0.29, 0.717) is 17.0 Å². The zero-order valence-electron chi connectivity index (χ0n) is 14.1. The number of nitrogens with one attached hydrogen (secondary N) is 1. The van der Waals surface area contributed by atoms with E-state index in [-0.39, 0.29) is 18.3 Å². The van der Waals surface area contributed by atoms with Gasteiger partial charge < -0.3 is 15.0 Å². The van der Waals surface area contributed by atoms with E-state index in [4.69, 9.17) is 0 Å². The van der Waals surface area contributed by atoms with Crippen molar-refractivity contribution in [3.63, 3.8) is 0 Å². The predicted molar refractivity (Wildman–Crippen MR) is 89.8 cm³/mol. The first kappa shape index (κ1) is 17.3. The third-order valence-electron chi connectivity index (χ3n) is 4.41. The van der Waals surface area contributed by atoms with Crippen LogP contribution in [0.4, 0.5) is 4.39 Å². The minimum Gasteiger partial charge on any atom is -0.387 e. The van der Waals surface area contributed by atoms with Crippen LogP contribution in [0.2, 0.25) is 0 Å². The number of aliphatic hydroxyl groups is 1. The number of H-pyrrole nitrogens is 1. The first-order valence-electron chi connectivity index (χ1n) is 8.19. The Kier molecular flexibility index (Phi) is 4.67. The van der Waals surface area contributed by atoms with Crippen molar-refractivity contribution in [3.05, 3.63) is 63.1 Å². The van der Waals surface area contributed by atoms with Gasteiger partial charge in [0.2, 0.25) is 0 Å². The molecule has 1 aromatic carbocycles. The van der Waals surface area contributed by atoms with E-state index in [1.165, 1.54) is 29.2 Å². The molecule has 1 fully saturated rings. The fraction of sp³-hybridized carbons (Fsp3) is 0.389. The number of hydrogen-bond acceptors (Lipinski definition) is 4. The molecular weight excluding hydrogens is 325 g/mol. The van der Waals surface area contributed by atoms with Crippen molar-refractivity contribution in [2.45, 2.75) is 38.8 Å². The van der Waals surface area contributed by atoms with Crippen molar-refractivity contribution in [3.8, 4) is 0 Å². The van der Waals surface area contributed by atoms with E-state index in [1.807, 2.05) is 0 Å². The standard InChI is InChI=1S/C18H20FN3O3/c1-10-11(2)21-17(24)16(20-10)18(25)22(14-7-8-14)9-15(23)12-3-5-13(19)6-4-12/h3-6,14-15,23H,7-9H2,1-2H3,(H,21,24). The molecule has 1 aliphatic rings. The van der Waals surface area contributed by atoms with Crippen molar-refractivity contribution in [1.29, 1.82) is 0 Å². The van der Waals surface area contributed by atoms with E-state index in [9.17, 15) is 19.1 Å². The SMILES string of the molecule is Cc1nc(C(=O)N(CC(O)c2ccc(F)cc2)C2CC2)c(=O)[nH]c1C. The minimum atomic E-state index is -0.962. The maximum atomic E-state index is 13.0. The number of aliphatic hydroxyl groups excluding tert-OH is 1. The molecule has 1 aliphatic carbocycles. The van der Waals surface area contributed by atoms with Crippen molar-refractivity contribution in [1.82, 2.24) is 14.9 Å². The number of nitrogens with zero attached hydrogens (tertiary/aromatic N) is 2. The molecule has 0 saturated heterocycles. The highest BCUT2D eigenvalue weighted by Crippen LogP contribution is 2.30. The molecule has 0 radical (unpaired) electrons. The van der Waals surface area contributed by atoms with Crippen LogP contribution in [-0.4, -0.2) is 38.5 Å². The molecule has 1 amide bonds. The number of rotatable bonds is 5. The summed E-state index contributed by atoms with van der Waals surface area (Å²) in [6.45, 7) is 3.47. The summed E-state index contributed by atoms with van der Waals surface area (Å²) >= 11 is 0. The van der Waals surface area contributed by atoms with E-state index < -0.39 is 23.4 Å². The Morgan fingerprint density at radius 2 is 2.00 bits per heavy atom. The summed E-state index contributed by atoms with van der Waals surface area (Å²) in [6.07, 6.45) is 0.686. The zero-order valence-corrected chi connectivity index (χ0v) is 14.1. The normalized spacial score (nSPS) is 15.0. The Labute approximate surface area is 144 Å². The smallest absolute Gasteiger partial charge is 0.279 e. The van der Waals surface area contributed by atoms with Crippen molar-refractivity contribution < 1.29 is 14.3 Å². The van der Waals surface area contributed by atoms with Crippen LogP contribution >= 0.6 is 0 Å². The number of aromatic nitrogens is 2. The van der Waals surface area contributed by atoms with Crippen LogP contribution in [0, 0.1) is 19.7 Å². The Morgan fingerprint density at radius 1 is 1.36 bits per heavy atom. The molecule has 0 aliphatic heterocycles. The molecule has 1 heterocycles. The Hall–Kier alpha value is -2.54. The van der Waals surface area contributed by atoms with Crippen LogP contribution in [0.5, 0.6) is 0 Å². The van der Waals surface area contributed by atoms with Gasteiger partial charge in [-0.3, -0.25) is 9.59 Å². The lowest BCUT2D eigenvalue weighted by molar-refractivity contribution is 0.0595. The van der Waals surface area contributed by atoms with Gasteiger partial charge in [-0.25, -0.2) is 9.37 Å². The molecule has 0 bridgehead atoms. The average Bonchev–Trinajstić information content (AvgIpc) is 3.40. The Balaban J connectivity index is 1.84. The first-order valence-corrected chi connectivity index (χ1v) is 8.19. The molecule has 1 aromatic heterocycles. The van der Waals surface area contributed by atoms with Gasteiger partial charge >= 0.3 is 0 Å². The van der Waals surface area contributed by atoms with Crippen LogP contribution in [-0.2, 0) is 0 Å². The molecule has 1 saturated carbocycles. The second-order valence-electron chi connectivity index (χ2n) is 6.38. The summed E-state index contributed by atoms with van der Waals surface area (Å²) in [5.74, 6) is -0.884. The van der Waals surface area contributed by atoms with E-state index in [0.717, 1.165) is 12.8 Å². The molecule has 0 spiro atoms. The highest BCUT2D eigenvalue weighted by molar-refractivity contribution is 5.92. The number of aromatic amines is 1. The molecule has 1 atom stereocenters. The monoisotopic (exact) mass is 345 g/mol. The van der Waals surface area contributed by atoms with Crippen LogP contribution in [0.1, 0.15) is 46.4 Å². The lowest BCUT2D eigenvalue weighted by Gasteiger charge is -2.25. The van der Waals surface area contributed by atoms with Gasteiger partial charge in [0.15, 0.2) is 5.69 Å². The molecule has 6 nitrogen and oxygen atoms in total. The van der Waals surface area contributed by atoms with Gasteiger partial charge in [0, 0.05) is 11.7 Å². The van der Waals surface area contributed by atoms with Gasteiger partial charge in [-0.05, 0) is 44.4 Å². The van der Waals surface area contributed by atoms with Crippen LogP contribution in [0.25, 0.3) is 0 Å². The van der Waals surface area contributed by atoms with Gasteiger partial charge in [0.05, 0.1) is 18.3 Å². The first-order chi connectivity index (χ1) is 11.9. The molecular formula is C18H20FN3O3. The predicted octanol–water partition coefficient (Wildman–Crippen LogP) is 1.86. The lowest BCUT2D eigenvalue weighted by Crippen LogP contribution is -2.40. The topological polar surface area (TPSA) is 86.3 Å². The summed E-state index contributed by atoms with van der Waals surface area (Å²) in [6, 6.07) is 5.48. The number of hydrogen-bond donors (Lipinski definition) is 2. The summed E-state index contributed by atoms with van der Waals surface area (Å²) in [5, 5.41) is 10.4. The minimum absolute atomic E-state index is 0.00888. The van der Waals surface area contributed by atoms with Crippen LogP contribution < -0.4 is 5.56 Å². The highest BCUT2D eigenvalue weighted by Gasteiger charge is 2.36. The summed E-state index contributed by atoms with van der Waals surface area (Å²) in [4.78, 5) is 33.1. The molecule has 132 valence electrons. The fourth-order valence-electron chi connectivity index (χ4n) is 2.66. The van der Waals surface area contributed by atoms with Crippen molar-refractivity contribution in [2.75, 3.05) is 6.54 Å². The average molecular weight is 345 g/mol. The fourth-order valence-corrected chi connectivity index (χ4v) is 2.66. The summed E-state index contributed by atoms with van der Waals surface area (Å²) < 4.78 is 13.0. The number of carbonyl (C=O) groups excluding carboxylic acids is 1. The van der Waals surface area contributed by atoms with E-state index in [2.05, 4.69) is 9.97 Å². The Bertz CT molecular complexity index is 844. The number of halogens is 1. The van der Waals surface area contributed by atoms with Gasteiger partial charge in [-0.2, -0.15) is 0 Å². The van der Waals surface area contributed by atoms with Crippen molar-refractivity contribution in [2.24, 2.45) is 0 Å². The largest absolute Gasteiger partial charge is 0.387 e. The molecule has 1 unspecified atom stereocenters.